The number of aromatic nitrogens is 2. The zero-order valence-electron chi connectivity index (χ0n) is 17.8. The van der Waals surface area contributed by atoms with Gasteiger partial charge in [0.25, 0.3) is 0 Å². The molecule has 5 rings (SSSR count). The van der Waals surface area contributed by atoms with Crippen molar-refractivity contribution in [1.29, 1.82) is 0 Å². The summed E-state index contributed by atoms with van der Waals surface area (Å²) in [5, 5.41) is 3.17. The van der Waals surface area contributed by atoms with Crippen LogP contribution in [0.15, 0.2) is 72.8 Å². The largest absolute Gasteiger partial charge is 0.357 e. The summed E-state index contributed by atoms with van der Waals surface area (Å²) >= 11 is 0. The van der Waals surface area contributed by atoms with Crippen LogP contribution in [0.25, 0.3) is 32.7 Å². The van der Waals surface area contributed by atoms with E-state index in [-0.39, 0.29) is 0 Å². The van der Waals surface area contributed by atoms with Gasteiger partial charge < -0.3 is 9.97 Å². The normalized spacial score (nSPS) is 14.4. The second-order valence-corrected chi connectivity index (χ2v) is 10.6. The number of hydrogen-bond donors (Lipinski definition) is 2. The lowest BCUT2D eigenvalue weighted by molar-refractivity contribution is 0.522. The Morgan fingerprint density at radius 2 is 1.55 bits per heavy atom. The fraction of sp³-hybridized carbons (Fsp3) is 0.231. The monoisotopic (exact) mass is 430 g/mol. The molecule has 5 heteroatoms. The van der Waals surface area contributed by atoms with E-state index in [4.69, 9.17) is 0 Å². The van der Waals surface area contributed by atoms with Crippen molar-refractivity contribution in [2.45, 2.75) is 30.9 Å². The molecule has 1 unspecified atom stereocenters. The van der Waals surface area contributed by atoms with Gasteiger partial charge in [0.1, 0.15) is 4.75 Å². The molecule has 2 heterocycles. The Morgan fingerprint density at radius 3 is 2.29 bits per heavy atom. The highest BCUT2D eigenvalue weighted by Crippen LogP contribution is 2.45. The van der Waals surface area contributed by atoms with Crippen LogP contribution in [0.4, 0.5) is 0 Å². The molecule has 0 aliphatic rings. The number of aromatic amines is 2. The standard InChI is InChI=1S/C26H26N2O2S/c1-3-4-16-26(31(2,29)30,24-17-18-10-5-7-14-22(18)27-24)21-13-9-12-20-19-11-6-8-15-23(19)28-25(20)21/h5-15,17,27-28H,3-4,16H2,1-2H3. The number of hydrogen-bond acceptors (Lipinski definition) is 2. The van der Waals surface area contributed by atoms with E-state index in [1.165, 1.54) is 6.26 Å². The molecular weight excluding hydrogens is 404 g/mol. The average Bonchev–Trinajstić information content (AvgIpc) is 3.35. The number of H-pyrrole nitrogens is 2. The van der Waals surface area contributed by atoms with Crippen molar-refractivity contribution < 1.29 is 8.42 Å². The lowest BCUT2D eigenvalue weighted by atomic mass is 9.88. The third-order valence-corrected chi connectivity index (χ3v) is 8.37. The first-order valence-corrected chi connectivity index (χ1v) is 12.6. The fourth-order valence-electron chi connectivity index (χ4n) is 4.93. The second kappa shape index (κ2) is 7.27. The van der Waals surface area contributed by atoms with Crippen LogP contribution in [0.1, 0.15) is 37.4 Å². The van der Waals surface area contributed by atoms with E-state index in [0.29, 0.717) is 6.42 Å². The molecule has 2 N–H and O–H groups in total. The molecule has 5 aromatic rings. The van der Waals surface area contributed by atoms with Crippen LogP contribution in [-0.4, -0.2) is 24.6 Å². The lowest BCUT2D eigenvalue weighted by Gasteiger charge is -2.32. The van der Waals surface area contributed by atoms with Crippen molar-refractivity contribution in [2.75, 3.05) is 6.26 Å². The molecule has 0 spiro atoms. The maximum atomic E-state index is 13.7. The van der Waals surface area contributed by atoms with Crippen molar-refractivity contribution >= 4 is 42.5 Å². The molecule has 0 amide bonds. The van der Waals surface area contributed by atoms with Crippen LogP contribution in [0, 0.1) is 0 Å². The Bertz CT molecular complexity index is 1480. The molecule has 31 heavy (non-hydrogen) atoms. The predicted molar refractivity (Wildman–Crippen MR) is 129 cm³/mol. The van der Waals surface area contributed by atoms with Gasteiger partial charge in [0.2, 0.25) is 0 Å². The smallest absolute Gasteiger partial charge is 0.163 e. The minimum Gasteiger partial charge on any atom is -0.357 e. The molecule has 0 aliphatic heterocycles. The van der Waals surface area contributed by atoms with E-state index in [1.807, 2.05) is 60.7 Å². The van der Waals surface area contributed by atoms with Crippen molar-refractivity contribution in [3.8, 4) is 0 Å². The summed E-state index contributed by atoms with van der Waals surface area (Å²) in [7, 11) is -3.53. The maximum Gasteiger partial charge on any atom is 0.163 e. The first-order valence-electron chi connectivity index (χ1n) is 10.7. The first-order chi connectivity index (χ1) is 15.0. The van der Waals surface area contributed by atoms with Crippen LogP contribution in [0.3, 0.4) is 0 Å². The van der Waals surface area contributed by atoms with Gasteiger partial charge in [-0.1, -0.05) is 74.4 Å². The van der Waals surface area contributed by atoms with E-state index in [9.17, 15) is 8.42 Å². The molecule has 3 aromatic carbocycles. The van der Waals surface area contributed by atoms with Gasteiger partial charge in [0.15, 0.2) is 9.84 Å². The van der Waals surface area contributed by atoms with Gasteiger partial charge in [-0.25, -0.2) is 8.42 Å². The van der Waals surface area contributed by atoms with Crippen molar-refractivity contribution in [3.63, 3.8) is 0 Å². The number of para-hydroxylation sites is 3. The summed E-state index contributed by atoms with van der Waals surface area (Å²) in [5.74, 6) is 0. The second-order valence-electron chi connectivity index (χ2n) is 8.37. The number of rotatable bonds is 6. The van der Waals surface area contributed by atoms with Gasteiger partial charge in [-0.3, -0.25) is 0 Å². The topological polar surface area (TPSA) is 65.7 Å². The van der Waals surface area contributed by atoms with E-state index < -0.39 is 14.6 Å². The van der Waals surface area contributed by atoms with Crippen molar-refractivity contribution in [1.82, 2.24) is 9.97 Å². The zero-order chi connectivity index (χ0) is 21.6. The summed E-state index contributed by atoms with van der Waals surface area (Å²) in [5.41, 5.74) is 4.40. The minimum atomic E-state index is -3.53. The molecule has 0 fully saturated rings. The highest BCUT2D eigenvalue weighted by molar-refractivity contribution is 7.91. The molecule has 0 aliphatic carbocycles. The average molecular weight is 431 g/mol. The van der Waals surface area contributed by atoms with E-state index in [0.717, 1.165) is 56.8 Å². The third-order valence-electron chi connectivity index (χ3n) is 6.46. The molecule has 0 bridgehead atoms. The molecular formula is C26H26N2O2S. The van der Waals surface area contributed by atoms with E-state index in [1.54, 1.807) is 0 Å². The summed E-state index contributed by atoms with van der Waals surface area (Å²) in [6.45, 7) is 2.10. The van der Waals surface area contributed by atoms with E-state index in [2.05, 4.69) is 29.0 Å². The Kier molecular flexibility index (Phi) is 4.67. The van der Waals surface area contributed by atoms with Crippen LogP contribution in [0.2, 0.25) is 0 Å². The molecule has 158 valence electrons. The van der Waals surface area contributed by atoms with Crippen LogP contribution >= 0.6 is 0 Å². The summed E-state index contributed by atoms with van der Waals surface area (Å²) < 4.78 is 26.2. The number of unbranched alkanes of at least 4 members (excludes halogenated alkanes) is 1. The predicted octanol–water partition coefficient (Wildman–Crippen LogP) is 6.28. The third kappa shape index (κ3) is 2.99. The number of fused-ring (bicyclic) bond motifs is 4. The summed E-state index contributed by atoms with van der Waals surface area (Å²) in [6.07, 6.45) is 3.61. The summed E-state index contributed by atoms with van der Waals surface area (Å²) in [6, 6.07) is 24.1. The molecule has 0 saturated heterocycles. The van der Waals surface area contributed by atoms with E-state index >= 15 is 0 Å². The zero-order valence-corrected chi connectivity index (χ0v) is 18.6. The molecule has 0 saturated carbocycles. The maximum absolute atomic E-state index is 13.7. The van der Waals surface area contributed by atoms with Gasteiger partial charge in [-0.05, 0) is 30.0 Å². The Hall–Kier alpha value is -3.05. The SMILES string of the molecule is CCCCC(c1cc2ccccc2[nH]1)(c1cccc2c1[nH]c1ccccc12)S(C)(=O)=O. The van der Waals surface area contributed by atoms with Gasteiger partial charge in [0.05, 0.1) is 5.52 Å². The Balaban J connectivity index is 1.90. The molecule has 1 atom stereocenters. The number of sulfone groups is 1. The quantitative estimate of drug-likeness (QED) is 0.333. The van der Waals surface area contributed by atoms with Crippen LogP contribution < -0.4 is 0 Å². The van der Waals surface area contributed by atoms with Crippen molar-refractivity contribution in [3.05, 3.63) is 84.1 Å². The highest BCUT2D eigenvalue weighted by Gasteiger charge is 2.46. The molecule has 0 radical (unpaired) electrons. The van der Waals surface area contributed by atoms with Crippen molar-refractivity contribution in [2.24, 2.45) is 0 Å². The van der Waals surface area contributed by atoms with Crippen LogP contribution in [-0.2, 0) is 14.6 Å². The highest BCUT2D eigenvalue weighted by atomic mass is 32.2. The number of nitrogens with one attached hydrogen (secondary N) is 2. The fourth-order valence-corrected chi connectivity index (χ4v) is 6.52. The lowest BCUT2D eigenvalue weighted by Crippen LogP contribution is -2.37. The van der Waals surface area contributed by atoms with Gasteiger partial charge >= 0.3 is 0 Å². The first kappa shape index (κ1) is 19.9. The van der Waals surface area contributed by atoms with Gasteiger partial charge in [-0.2, -0.15) is 0 Å². The van der Waals surface area contributed by atoms with Crippen LogP contribution in [0.5, 0.6) is 0 Å². The Labute approximate surface area is 182 Å². The molecule has 2 aromatic heterocycles. The number of benzene rings is 3. The van der Waals surface area contributed by atoms with Gasteiger partial charge in [0, 0.05) is 39.3 Å². The minimum absolute atomic E-state index is 0.517. The summed E-state index contributed by atoms with van der Waals surface area (Å²) in [4.78, 5) is 6.98. The molecule has 4 nitrogen and oxygen atoms in total. The van der Waals surface area contributed by atoms with Gasteiger partial charge in [-0.15, -0.1) is 0 Å². The Morgan fingerprint density at radius 1 is 0.839 bits per heavy atom.